The Kier molecular flexibility index (Phi) is 5.31. The van der Waals surface area contributed by atoms with Crippen molar-refractivity contribution in [2.24, 2.45) is 0 Å². The van der Waals surface area contributed by atoms with Crippen LogP contribution in [0.3, 0.4) is 0 Å². The zero-order chi connectivity index (χ0) is 14.4. The standard InChI is InChI=1S/C10H14ClN5O3/c1-15(2)10(17)13-4-3-12-9-8(16(18)19)5-7(11)6-14-9/h5-6H,3-4H2,1-2H3,(H,12,14)(H,13,17). The van der Waals surface area contributed by atoms with Crippen molar-refractivity contribution in [3.8, 4) is 0 Å². The van der Waals surface area contributed by atoms with Gasteiger partial charge in [-0.2, -0.15) is 0 Å². The van der Waals surface area contributed by atoms with E-state index < -0.39 is 4.92 Å². The van der Waals surface area contributed by atoms with Crippen LogP contribution >= 0.6 is 11.6 Å². The van der Waals surface area contributed by atoms with Gasteiger partial charge in [0.05, 0.1) is 9.95 Å². The summed E-state index contributed by atoms with van der Waals surface area (Å²) in [5.74, 6) is 0.119. The largest absolute Gasteiger partial charge is 0.363 e. The van der Waals surface area contributed by atoms with Crippen LogP contribution < -0.4 is 10.6 Å². The molecule has 2 amide bonds. The molecule has 0 spiro atoms. The zero-order valence-electron chi connectivity index (χ0n) is 10.5. The third kappa shape index (κ3) is 4.59. The number of carbonyl (C=O) groups excluding carboxylic acids is 1. The summed E-state index contributed by atoms with van der Waals surface area (Å²) >= 11 is 5.64. The number of hydrogen-bond donors (Lipinski definition) is 2. The second kappa shape index (κ2) is 6.74. The Balaban J connectivity index is 2.54. The fourth-order valence-corrected chi connectivity index (χ4v) is 1.36. The summed E-state index contributed by atoms with van der Waals surface area (Å²) in [7, 11) is 3.24. The van der Waals surface area contributed by atoms with Crippen LogP contribution in [0.25, 0.3) is 0 Å². The number of aromatic nitrogens is 1. The first-order chi connectivity index (χ1) is 8.91. The first-order valence-corrected chi connectivity index (χ1v) is 5.78. The number of anilines is 1. The molecular formula is C10H14ClN5O3. The summed E-state index contributed by atoms with van der Waals surface area (Å²) in [6, 6.07) is 0.982. The van der Waals surface area contributed by atoms with Crippen LogP contribution in [0.1, 0.15) is 0 Å². The maximum atomic E-state index is 11.2. The molecule has 0 radical (unpaired) electrons. The Morgan fingerprint density at radius 3 is 2.79 bits per heavy atom. The molecule has 8 nitrogen and oxygen atoms in total. The van der Waals surface area contributed by atoms with E-state index in [1.807, 2.05) is 0 Å². The fourth-order valence-electron chi connectivity index (χ4n) is 1.21. The minimum Gasteiger partial charge on any atom is -0.363 e. The van der Waals surface area contributed by atoms with Crippen LogP contribution in [0.4, 0.5) is 16.3 Å². The Bertz CT molecular complexity index is 480. The molecule has 0 bridgehead atoms. The number of amides is 2. The van der Waals surface area contributed by atoms with Gasteiger partial charge in [0.25, 0.3) is 0 Å². The van der Waals surface area contributed by atoms with Crippen LogP contribution in [0, 0.1) is 10.1 Å². The Morgan fingerprint density at radius 2 is 2.21 bits per heavy atom. The summed E-state index contributed by atoms with van der Waals surface area (Å²) in [5.41, 5.74) is -0.202. The van der Waals surface area contributed by atoms with Gasteiger partial charge in [-0.15, -0.1) is 0 Å². The van der Waals surface area contributed by atoms with Crippen molar-refractivity contribution in [2.75, 3.05) is 32.5 Å². The molecule has 1 heterocycles. The summed E-state index contributed by atoms with van der Waals surface area (Å²) in [4.78, 5) is 26.7. The molecule has 104 valence electrons. The third-order valence-corrected chi connectivity index (χ3v) is 2.34. The number of urea groups is 1. The summed E-state index contributed by atoms with van der Waals surface area (Å²) in [5, 5.41) is 16.4. The average Bonchev–Trinajstić information content (AvgIpc) is 2.35. The van der Waals surface area contributed by atoms with Crippen LogP contribution in [0.15, 0.2) is 12.3 Å². The van der Waals surface area contributed by atoms with Gasteiger partial charge in [0.15, 0.2) is 0 Å². The minimum atomic E-state index is -0.570. The molecule has 0 aliphatic carbocycles. The SMILES string of the molecule is CN(C)C(=O)NCCNc1ncc(Cl)cc1[N+](=O)[O-]. The summed E-state index contributed by atoms with van der Waals surface area (Å²) in [6.45, 7) is 0.632. The average molecular weight is 288 g/mol. The molecule has 0 aliphatic heterocycles. The Morgan fingerprint density at radius 1 is 1.53 bits per heavy atom. The first-order valence-electron chi connectivity index (χ1n) is 5.40. The molecule has 0 atom stereocenters. The molecule has 9 heteroatoms. The molecule has 1 rings (SSSR count). The van der Waals surface area contributed by atoms with E-state index in [0.717, 1.165) is 0 Å². The number of halogens is 1. The molecule has 0 saturated carbocycles. The lowest BCUT2D eigenvalue weighted by Gasteiger charge is -2.12. The van der Waals surface area contributed by atoms with Gasteiger partial charge in [0.2, 0.25) is 5.82 Å². The van der Waals surface area contributed by atoms with Gasteiger partial charge in [-0.05, 0) is 0 Å². The Hall–Kier alpha value is -2.09. The molecule has 19 heavy (non-hydrogen) atoms. The van der Waals surface area contributed by atoms with Crippen molar-refractivity contribution in [2.45, 2.75) is 0 Å². The fraction of sp³-hybridized carbons (Fsp3) is 0.400. The molecule has 1 aromatic heterocycles. The monoisotopic (exact) mass is 287 g/mol. The lowest BCUT2D eigenvalue weighted by atomic mass is 10.4. The van der Waals surface area contributed by atoms with Gasteiger partial charge in [0, 0.05) is 39.4 Å². The molecular weight excluding hydrogens is 274 g/mol. The van der Waals surface area contributed by atoms with Gasteiger partial charge in [-0.25, -0.2) is 9.78 Å². The number of nitrogens with zero attached hydrogens (tertiary/aromatic N) is 3. The highest BCUT2D eigenvalue weighted by Gasteiger charge is 2.15. The van der Waals surface area contributed by atoms with Crippen LogP contribution in [0.2, 0.25) is 5.02 Å². The van der Waals surface area contributed by atoms with Gasteiger partial charge in [-0.1, -0.05) is 11.6 Å². The van der Waals surface area contributed by atoms with Gasteiger partial charge < -0.3 is 15.5 Å². The predicted molar refractivity (Wildman–Crippen MR) is 71.5 cm³/mol. The van der Waals surface area contributed by atoms with E-state index in [-0.39, 0.29) is 22.6 Å². The lowest BCUT2D eigenvalue weighted by molar-refractivity contribution is -0.384. The number of pyridine rings is 1. The third-order valence-electron chi connectivity index (χ3n) is 2.13. The normalized spacial score (nSPS) is 9.84. The van der Waals surface area contributed by atoms with Crippen LogP contribution in [-0.2, 0) is 0 Å². The van der Waals surface area contributed by atoms with Crippen molar-refractivity contribution in [3.63, 3.8) is 0 Å². The van der Waals surface area contributed by atoms with E-state index in [9.17, 15) is 14.9 Å². The number of hydrogen-bond acceptors (Lipinski definition) is 5. The van der Waals surface area contributed by atoms with Crippen molar-refractivity contribution in [3.05, 3.63) is 27.4 Å². The molecule has 0 aromatic carbocycles. The van der Waals surface area contributed by atoms with Gasteiger partial charge in [-0.3, -0.25) is 10.1 Å². The molecule has 0 fully saturated rings. The quantitative estimate of drug-likeness (QED) is 0.483. The highest BCUT2D eigenvalue weighted by Crippen LogP contribution is 2.24. The highest BCUT2D eigenvalue weighted by atomic mass is 35.5. The van der Waals surface area contributed by atoms with E-state index in [1.165, 1.54) is 17.2 Å². The number of carbonyl (C=O) groups is 1. The van der Waals surface area contributed by atoms with E-state index in [4.69, 9.17) is 11.6 Å². The molecule has 2 N–H and O–H groups in total. The van der Waals surface area contributed by atoms with E-state index in [1.54, 1.807) is 14.1 Å². The molecule has 0 saturated heterocycles. The van der Waals surface area contributed by atoms with Crippen LogP contribution in [-0.4, -0.2) is 48.0 Å². The topological polar surface area (TPSA) is 100 Å². The molecule has 0 aliphatic rings. The summed E-state index contributed by atoms with van der Waals surface area (Å²) in [6.07, 6.45) is 1.31. The highest BCUT2D eigenvalue weighted by molar-refractivity contribution is 6.30. The second-order valence-electron chi connectivity index (χ2n) is 3.83. The summed E-state index contributed by atoms with van der Waals surface area (Å²) < 4.78 is 0. The Labute approximate surface area is 114 Å². The smallest absolute Gasteiger partial charge is 0.316 e. The van der Waals surface area contributed by atoms with Crippen molar-refractivity contribution in [1.82, 2.24) is 15.2 Å². The van der Waals surface area contributed by atoms with Gasteiger partial charge >= 0.3 is 11.7 Å². The lowest BCUT2D eigenvalue weighted by Crippen LogP contribution is -2.37. The van der Waals surface area contributed by atoms with Gasteiger partial charge in [0.1, 0.15) is 0 Å². The molecule has 0 unspecified atom stereocenters. The van der Waals surface area contributed by atoms with Crippen LogP contribution in [0.5, 0.6) is 0 Å². The molecule has 1 aromatic rings. The zero-order valence-corrected chi connectivity index (χ0v) is 11.3. The minimum absolute atomic E-state index is 0.119. The maximum absolute atomic E-state index is 11.2. The second-order valence-corrected chi connectivity index (χ2v) is 4.27. The number of nitro groups is 1. The number of nitrogens with one attached hydrogen (secondary N) is 2. The van der Waals surface area contributed by atoms with Crippen molar-refractivity contribution >= 4 is 29.1 Å². The maximum Gasteiger partial charge on any atom is 0.316 e. The van der Waals surface area contributed by atoms with Crippen molar-refractivity contribution < 1.29 is 9.72 Å². The first kappa shape index (κ1) is 15.0. The predicted octanol–water partition coefficient (Wildman–Crippen LogP) is 1.33. The van der Waals surface area contributed by atoms with E-state index in [0.29, 0.717) is 13.1 Å². The van der Waals surface area contributed by atoms with E-state index in [2.05, 4.69) is 15.6 Å². The van der Waals surface area contributed by atoms with E-state index >= 15 is 0 Å². The number of rotatable bonds is 5. The van der Waals surface area contributed by atoms with Crippen molar-refractivity contribution in [1.29, 1.82) is 0 Å².